The first kappa shape index (κ1) is 26.4. The zero-order chi connectivity index (χ0) is 20.0. The van der Waals surface area contributed by atoms with E-state index in [0.717, 1.165) is 25.9 Å². The third-order valence-electron chi connectivity index (χ3n) is 4.35. The molecule has 0 spiro atoms. The van der Waals surface area contributed by atoms with Gasteiger partial charge in [-0.3, -0.25) is 4.79 Å². The number of carbonyl (C=O) groups is 1. The molecule has 0 aliphatic rings. The second kappa shape index (κ2) is 21.6. The smallest absolute Gasteiger partial charge is 0.306 e. The highest BCUT2D eigenvalue weighted by Gasteiger charge is 2.09. The maximum atomic E-state index is 11.7. The molecular weight excluding hydrogens is 344 g/mol. The monoisotopic (exact) mass is 388 g/mol. The van der Waals surface area contributed by atoms with Crippen molar-refractivity contribution in [3.05, 3.63) is 0 Å². The lowest BCUT2D eigenvalue weighted by Crippen LogP contribution is -2.15. The van der Waals surface area contributed by atoms with Gasteiger partial charge in [-0.25, -0.2) is 0 Å². The van der Waals surface area contributed by atoms with Gasteiger partial charge in [0.15, 0.2) is 0 Å². The van der Waals surface area contributed by atoms with Gasteiger partial charge in [-0.05, 0) is 32.6 Å². The van der Waals surface area contributed by atoms with Gasteiger partial charge in [-0.2, -0.15) is 0 Å². The van der Waals surface area contributed by atoms with E-state index in [1.54, 1.807) is 0 Å². The molecule has 0 heterocycles. The minimum Gasteiger partial charge on any atom is -0.463 e. The lowest BCUT2D eigenvalue weighted by atomic mass is 10.1. The third kappa shape index (κ3) is 21.5. The number of hydrogen-bond acceptors (Lipinski definition) is 5. The van der Waals surface area contributed by atoms with Crippen LogP contribution in [0.3, 0.4) is 0 Å². The van der Waals surface area contributed by atoms with Crippen LogP contribution in [0, 0.1) is 0 Å². The van der Waals surface area contributed by atoms with Crippen LogP contribution in [-0.2, 0) is 23.7 Å². The van der Waals surface area contributed by atoms with Crippen molar-refractivity contribution in [2.24, 2.45) is 0 Å². The van der Waals surface area contributed by atoms with Crippen molar-refractivity contribution < 1.29 is 23.7 Å². The van der Waals surface area contributed by atoms with Crippen LogP contribution < -0.4 is 0 Å². The van der Waals surface area contributed by atoms with E-state index >= 15 is 0 Å². The molecule has 0 radical (unpaired) electrons. The van der Waals surface area contributed by atoms with Crippen LogP contribution >= 0.6 is 0 Å². The quantitative estimate of drug-likeness (QED) is 0.197. The van der Waals surface area contributed by atoms with E-state index in [1.165, 1.54) is 38.5 Å². The second-order valence-corrected chi connectivity index (χ2v) is 7.15. The van der Waals surface area contributed by atoms with Gasteiger partial charge < -0.3 is 18.9 Å². The number of ether oxygens (including phenoxy) is 4. The SMILES string of the molecule is CCCCCCOCCOCCOCCCC(=O)OC(C)CCCCCC. The summed E-state index contributed by atoms with van der Waals surface area (Å²) in [4.78, 5) is 11.7. The maximum Gasteiger partial charge on any atom is 0.306 e. The molecule has 0 aliphatic carbocycles. The molecule has 0 rings (SSSR count). The lowest BCUT2D eigenvalue weighted by Gasteiger charge is -2.13. The number of carbonyl (C=O) groups excluding carboxylic acids is 1. The highest BCUT2D eigenvalue weighted by Crippen LogP contribution is 2.09. The van der Waals surface area contributed by atoms with Gasteiger partial charge in [0.2, 0.25) is 0 Å². The van der Waals surface area contributed by atoms with Crippen LogP contribution in [0.15, 0.2) is 0 Å². The molecule has 0 aliphatic heterocycles. The Morgan fingerprint density at radius 3 is 1.78 bits per heavy atom. The molecule has 27 heavy (non-hydrogen) atoms. The van der Waals surface area contributed by atoms with E-state index in [0.29, 0.717) is 45.9 Å². The van der Waals surface area contributed by atoms with Crippen molar-refractivity contribution in [2.75, 3.05) is 39.6 Å². The number of unbranched alkanes of at least 4 members (excludes halogenated alkanes) is 6. The molecule has 0 aromatic rings. The summed E-state index contributed by atoms with van der Waals surface area (Å²) in [5, 5.41) is 0. The van der Waals surface area contributed by atoms with Crippen LogP contribution in [-0.4, -0.2) is 51.7 Å². The molecule has 1 unspecified atom stereocenters. The Morgan fingerprint density at radius 1 is 0.667 bits per heavy atom. The van der Waals surface area contributed by atoms with Crippen LogP contribution in [0.1, 0.15) is 91.4 Å². The largest absolute Gasteiger partial charge is 0.463 e. The average Bonchev–Trinajstić information content (AvgIpc) is 2.65. The van der Waals surface area contributed by atoms with E-state index in [1.807, 2.05) is 6.92 Å². The molecule has 0 aromatic heterocycles. The summed E-state index contributed by atoms with van der Waals surface area (Å²) in [6, 6.07) is 0. The summed E-state index contributed by atoms with van der Waals surface area (Å²) in [6.45, 7) is 10.2. The fourth-order valence-electron chi connectivity index (χ4n) is 2.69. The summed E-state index contributed by atoms with van der Waals surface area (Å²) in [5.74, 6) is -0.117. The Labute approximate surface area is 167 Å². The molecule has 0 saturated carbocycles. The molecule has 0 N–H and O–H groups in total. The van der Waals surface area contributed by atoms with Gasteiger partial charge in [-0.15, -0.1) is 0 Å². The zero-order valence-electron chi connectivity index (χ0n) is 18.1. The van der Waals surface area contributed by atoms with E-state index in [9.17, 15) is 4.79 Å². The van der Waals surface area contributed by atoms with E-state index in [-0.39, 0.29) is 12.1 Å². The molecule has 0 amide bonds. The highest BCUT2D eigenvalue weighted by molar-refractivity contribution is 5.69. The summed E-state index contributed by atoms with van der Waals surface area (Å²) < 4.78 is 21.8. The maximum absolute atomic E-state index is 11.7. The molecule has 1 atom stereocenters. The fourth-order valence-corrected chi connectivity index (χ4v) is 2.69. The standard InChI is InChI=1S/C22H44O5/c1-4-6-8-10-13-21(3)27-22(23)14-12-16-25-18-20-26-19-17-24-15-11-9-7-5-2/h21H,4-20H2,1-3H3. The van der Waals surface area contributed by atoms with Gasteiger partial charge in [-0.1, -0.05) is 52.4 Å². The van der Waals surface area contributed by atoms with Crippen LogP contribution in [0.5, 0.6) is 0 Å². The highest BCUT2D eigenvalue weighted by atomic mass is 16.5. The predicted octanol–water partition coefficient (Wildman–Crippen LogP) is 5.30. The van der Waals surface area contributed by atoms with E-state index < -0.39 is 0 Å². The molecular formula is C22H44O5. The van der Waals surface area contributed by atoms with E-state index in [4.69, 9.17) is 18.9 Å². The molecule has 0 aromatic carbocycles. The fraction of sp³-hybridized carbons (Fsp3) is 0.955. The van der Waals surface area contributed by atoms with Crippen LogP contribution in [0.4, 0.5) is 0 Å². The molecule has 0 saturated heterocycles. The van der Waals surface area contributed by atoms with Crippen LogP contribution in [0.25, 0.3) is 0 Å². The Kier molecular flexibility index (Phi) is 21.1. The number of hydrogen-bond donors (Lipinski definition) is 0. The van der Waals surface area contributed by atoms with Crippen molar-refractivity contribution in [3.63, 3.8) is 0 Å². The van der Waals surface area contributed by atoms with E-state index in [2.05, 4.69) is 13.8 Å². The molecule has 5 heteroatoms. The van der Waals surface area contributed by atoms with Gasteiger partial charge in [0.05, 0.1) is 32.5 Å². The zero-order valence-corrected chi connectivity index (χ0v) is 18.1. The van der Waals surface area contributed by atoms with Gasteiger partial charge in [0.1, 0.15) is 0 Å². The van der Waals surface area contributed by atoms with Gasteiger partial charge in [0, 0.05) is 19.6 Å². The van der Waals surface area contributed by atoms with Crippen molar-refractivity contribution in [1.29, 1.82) is 0 Å². The summed E-state index contributed by atoms with van der Waals surface area (Å²) in [7, 11) is 0. The van der Waals surface area contributed by atoms with Gasteiger partial charge in [0.25, 0.3) is 0 Å². The predicted molar refractivity (Wildman–Crippen MR) is 110 cm³/mol. The Morgan fingerprint density at radius 2 is 1.19 bits per heavy atom. The van der Waals surface area contributed by atoms with Crippen molar-refractivity contribution in [1.82, 2.24) is 0 Å². The van der Waals surface area contributed by atoms with Gasteiger partial charge >= 0.3 is 5.97 Å². The van der Waals surface area contributed by atoms with Crippen molar-refractivity contribution >= 4 is 5.97 Å². The molecule has 162 valence electrons. The normalized spacial score (nSPS) is 12.3. The Bertz CT molecular complexity index is 309. The summed E-state index contributed by atoms with van der Waals surface area (Å²) >= 11 is 0. The topological polar surface area (TPSA) is 54.0 Å². The second-order valence-electron chi connectivity index (χ2n) is 7.15. The average molecular weight is 389 g/mol. The molecule has 0 fully saturated rings. The summed E-state index contributed by atoms with van der Waals surface area (Å²) in [6.07, 6.45) is 11.9. The minimum atomic E-state index is -0.117. The van der Waals surface area contributed by atoms with Crippen LogP contribution in [0.2, 0.25) is 0 Å². The van der Waals surface area contributed by atoms with Crippen molar-refractivity contribution in [2.45, 2.75) is 97.5 Å². The Balaban J connectivity index is 3.24. The molecule has 0 bridgehead atoms. The summed E-state index contributed by atoms with van der Waals surface area (Å²) in [5.41, 5.74) is 0. The lowest BCUT2D eigenvalue weighted by molar-refractivity contribution is -0.149. The molecule has 5 nitrogen and oxygen atoms in total. The number of rotatable bonds is 21. The van der Waals surface area contributed by atoms with Crippen molar-refractivity contribution in [3.8, 4) is 0 Å². The minimum absolute atomic E-state index is 0.0255. The first-order chi connectivity index (χ1) is 13.2. The first-order valence-corrected chi connectivity index (χ1v) is 11.1. The Hall–Kier alpha value is -0.650. The number of esters is 1. The first-order valence-electron chi connectivity index (χ1n) is 11.1. The third-order valence-corrected chi connectivity index (χ3v) is 4.35.